The summed E-state index contributed by atoms with van der Waals surface area (Å²) in [6, 6.07) is 1.69. The molecule has 0 spiro atoms. The number of sulfone groups is 1. The summed E-state index contributed by atoms with van der Waals surface area (Å²) in [5.41, 5.74) is 0. The average Bonchev–Trinajstić information content (AvgIpc) is 2.25. The van der Waals surface area contributed by atoms with Crippen LogP contribution in [0.3, 0.4) is 0 Å². The second kappa shape index (κ2) is 2.75. The molecule has 1 saturated heterocycles. The van der Waals surface area contributed by atoms with Crippen LogP contribution < -0.4 is 0 Å². The van der Waals surface area contributed by atoms with Crippen LogP contribution in [0.25, 0.3) is 0 Å². The first-order valence-corrected chi connectivity index (χ1v) is 5.11. The van der Waals surface area contributed by atoms with Crippen molar-refractivity contribution in [3.05, 3.63) is 0 Å². The SMILES string of the molecule is N#CC1CS(=O)(=O)CC1C(=O)O. The molecule has 66 valence electrons. The van der Waals surface area contributed by atoms with E-state index in [9.17, 15) is 13.2 Å². The van der Waals surface area contributed by atoms with E-state index in [0.717, 1.165) is 0 Å². The van der Waals surface area contributed by atoms with Crippen molar-refractivity contribution in [3.8, 4) is 6.07 Å². The van der Waals surface area contributed by atoms with Crippen molar-refractivity contribution in [3.63, 3.8) is 0 Å². The van der Waals surface area contributed by atoms with E-state index in [0.29, 0.717) is 0 Å². The Hall–Kier alpha value is -1.09. The maximum Gasteiger partial charge on any atom is 0.308 e. The van der Waals surface area contributed by atoms with Crippen molar-refractivity contribution in [2.75, 3.05) is 11.5 Å². The van der Waals surface area contributed by atoms with E-state index >= 15 is 0 Å². The van der Waals surface area contributed by atoms with Gasteiger partial charge in [-0.1, -0.05) is 0 Å². The summed E-state index contributed by atoms with van der Waals surface area (Å²) >= 11 is 0. The van der Waals surface area contributed by atoms with Gasteiger partial charge in [0.1, 0.15) is 0 Å². The number of nitrogens with zero attached hydrogens (tertiary/aromatic N) is 1. The molecule has 1 heterocycles. The van der Waals surface area contributed by atoms with Gasteiger partial charge in [0.2, 0.25) is 0 Å². The quantitative estimate of drug-likeness (QED) is 0.585. The lowest BCUT2D eigenvalue weighted by Crippen LogP contribution is -2.20. The van der Waals surface area contributed by atoms with E-state index in [1.807, 2.05) is 0 Å². The van der Waals surface area contributed by atoms with Crippen molar-refractivity contribution >= 4 is 15.8 Å². The number of hydrogen-bond acceptors (Lipinski definition) is 4. The van der Waals surface area contributed by atoms with Crippen LogP contribution in [-0.4, -0.2) is 31.0 Å². The summed E-state index contributed by atoms with van der Waals surface area (Å²) < 4.78 is 21.8. The molecule has 0 aromatic carbocycles. The Labute approximate surface area is 69.5 Å². The normalized spacial score (nSPS) is 32.6. The highest BCUT2D eigenvalue weighted by molar-refractivity contribution is 7.91. The molecule has 5 nitrogen and oxygen atoms in total. The summed E-state index contributed by atoms with van der Waals surface area (Å²) in [6.07, 6.45) is 0. The van der Waals surface area contributed by atoms with Gasteiger partial charge in [-0.05, 0) is 0 Å². The molecule has 0 aromatic heterocycles. The van der Waals surface area contributed by atoms with Crippen molar-refractivity contribution in [1.29, 1.82) is 5.26 Å². The predicted molar refractivity (Wildman–Crippen MR) is 38.9 cm³/mol. The molecule has 2 unspecified atom stereocenters. The van der Waals surface area contributed by atoms with Crippen LogP contribution >= 0.6 is 0 Å². The molecule has 1 N–H and O–H groups in total. The average molecular weight is 189 g/mol. The molecule has 1 aliphatic heterocycles. The molecule has 2 atom stereocenters. The first-order chi connectivity index (χ1) is 5.46. The minimum absolute atomic E-state index is 0.319. The second-order valence-corrected chi connectivity index (χ2v) is 4.91. The summed E-state index contributed by atoms with van der Waals surface area (Å²) in [7, 11) is -3.31. The summed E-state index contributed by atoms with van der Waals surface area (Å²) in [5, 5.41) is 17.0. The maximum absolute atomic E-state index is 10.9. The molecular formula is C6H7NO4S. The number of carboxylic acid groups (broad SMARTS) is 1. The monoisotopic (exact) mass is 189 g/mol. The Morgan fingerprint density at radius 3 is 2.42 bits per heavy atom. The Kier molecular flexibility index (Phi) is 2.06. The van der Waals surface area contributed by atoms with Crippen molar-refractivity contribution in [1.82, 2.24) is 0 Å². The Morgan fingerprint density at radius 1 is 1.50 bits per heavy atom. The maximum atomic E-state index is 10.9. The topological polar surface area (TPSA) is 95.2 Å². The summed E-state index contributed by atoms with van der Waals surface area (Å²) in [6.45, 7) is 0. The fourth-order valence-corrected chi connectivity index (χ4v) is 3.13. The minimum Gasteiger partial charge on any atom is -0.481 e. The third-order valence-corrected chi connectivity index (χ3v) is 3.57. The molecule has 0 aliphatic carbocycles. The summed E-state index contributed by atoms with van der Waals surface area (Å²) in [4.78, 5) is 10.4. The lowest BCUT2D eigenvalue weighted by Gasteiger charge is -2.02. The van der Waals surface area contributed by atoms with E-state index in [1.54, 1.807) is 6.07 Å². The van der Waals surface area contributed by atoms with Gasteiger partial charge in [-0.15, -0.1) is 0 Å². The number of carboxylic acids is 1. The number of carbonyl (C=O) groups is 1. The highest BCUT2D eigenvalue weighted by Crippen LogP contribution is 2.24. The van der Waals surface area contributed by atoms with Gasteiger partial charge in [-0.25, -0.2) is 8.42 Å². The number of aliphatic carboxylic acids is 1. The molecule has 1 aliphatic rings. The molecular weight excluding hydrogens is 182 g/mol. The van der Waals surface area contributed by atoms with Gasteiger partial charge in [0.15, 0.2) is 9.84 Å². The van der Waals surface area contributed by atoms with Crippen LogP contribution in [0.5, 0.6) is 0 Å². The third kappa shape index (κ3) is 1.56. The molecule has 12 heavy (non-hydrogen) atoms. The molecule has 0 aromatic rings. The first kappa shape index (κ1) is 9.00. The molecule has 1 rings (SSSR count). The Morgan fingerprint density at radius 2 is 2.08 bits per heavy atom. The van der Waals surface area contributed by atoms with E-state index < -0.39 is 33.4 Å². The molecule has 1 fully saturated rings. The number of hydrogen-bond donors (Lipinski definition) is 1. The molecule has 0 radical (unpaired) electrons. The van der Waals surface area contributed by atoms with Crippen LogP contribution in [-0.2, 0) is 14.6 Å². The zero-order valence-electron chi connectivity index (χ0n) is 6.10. The van der Waals surface area contributed by atoms with Crippen molar-refractivity contribution in [2.45, 2.75) is 0 Å². The van der Waals surface area contributed by atoms with E-state index in [2.05, 4.69) is 0 Å². The van der Waals surface area contributed by atoms with Gasteiger partial charge < -0.3 is 5.11 Å². The molecule has 0 bridgehead atoms. The second-order valence-electron chi connectivity index (χ2n) is 2.76. The highest BCUT2D eigenvalue weighted by Gasteiger charge is 2.42. The minimum atomic E-state index is -3.31. The van der Waals surface area contributed by atoms with Gasteiger partial charge in [-0.3, -0.25) is 4.79 Å². The van der Waals surface area contributed by atoms with Crippen molar-refractivity contribution in [2.24, 2.45) is 11.8 Å². The van der Waals surface area contributed by atoms with Gasteiger partial charge >= 0.3 is 5.97 Å². The van der Waals surface area contributed by atoms with Crippen LogP contribution in [0, 0.1) is 23.2 Å². The Bertz CT molecular complexity index is 339. The highest BCUT2D eigenvalue weighted by atomic mass is 32.2. The lowest BCUT2D eigenvalue weighted by atomic mass is 9.98. The van der Waals surface area contributed by atoms with E-state index in [1.165, 1.54) is 0 Å². The summed E-state index contributed by atoms with van der Waals surface area (Å²) in [5.74, 6) is -3.85. The van der Waals surface area contributed by atoms with Gasteiger partial charge in [-0.2, -0.15) is 5.26 Å². The Balaban J connectivity index is 2.93. The van der Waals surface area contributed by atoms with E-state index in [4.69, 9.17) is 10.4 Å². The first-order valence-electron chi connectivity index (χ1n) is 3.29. The van der Waals surface area contributed by atoms with Crippen LogP contribution in [0.4, 0.5) is 0 Å². The molecule has 0 amide bonds. The van der Waals surface area contributed by atoms with Gasteiger partial charge in [0.25, 0.3) is 0 Å². The third-order valence-electron chi connectivity index (χ3n) is 1.84. The number of rotatable bonds is 1. The van der Waals surface area contributed by atoms with E-state index in [-0.39, 0.29) is 5.75 Å². The fourth-order valence-electron chi connectivity index (χ4n) is 1.22. The zero-order valence-corrected chi connectivity index (χ0v) is 6.91. The lowest BCUT2D eigenvalue weighted by molar-refractivity contribution is -0.141. The number of nitriles is 1. The van der Waals surface area contributed by atoms with Gasteiger partial charge in [0, 0.05) is 0 Å². The van der Waals surface area contributed by atoms with Crippen molar-refractivity contribution < 1.29 is 18.3 Å². The van der Waals surface area contributed by atoms with Crippen LogP contribution in [0.1, 0.15) is 0 Å². The fraction of sp³-hybridized carbons (Fsp3) is 0.667. The smallest absolute Gasteiger partial charge is 0.308 e. The largest absolute Gasteiger partial charge is 0.481 e. The molecule has 6 heteroatoms. The zero-order chi connectivity index (χ0) is 9.35. The standard InChI is InChI=1S/C6H7NO4S/c7-1-4-2-12(10,11)3-5(4)6(8)9/h4-5H,2-3H2,(H,8,9). The van der Waals surface area contributed by atoms with Crippen LogP contribution in [0.2, 0.25) is 0 Å². The predicted octanol–water partition coefficient (Wildman–Crippen LogP) is -0.745. The van der Waals surface area contributed by atoms with Crippen LogP contribution in [0.15, 0.2) is 0 Å². The van der Waals surface area contributed by atoms with Gasteiger partial charge in [0.05, 0.1) is 29.4 Å². The molecule has 0 saturated carbocycles.